The van der Waals surface area contributed by atoms with Gasteiger partial charge in [0.1, 0.15) is 0 Å². The van der Waals surface area contributed by atoms with Gasteiger partial charge in [0, 0.05) is 29.7 Å². The second-order valence-electron chi connectivity index (χ2n) is 6.97. The Balaban J connectivity index is 2.90. The number of hydrogen-bond acceptors (Lipinski definition) is 3. The van der Waals surface area contributed by atoms with E-state index in [1.165, 1.54) is 0 Å². The molecule has 5 nitrogen and oxygen atoms in total. The minimum Gasteiger partial charge on any atom is -0.493 e. The number of rotatable bonds is 9. The monoisotopic (exact) mass is 414 g/mol. The summed E-state index contributed by atoms with van der Waals surface area (Å²) in [6.45, 7) is 10.2. The molecule has 1 rings (SSSR count). The fourth-order valence-electron chi connectivity index (χ4n) is 2.29. The van der Waals surface area contributed by atoms with Crippen LogP contribution in [0.15, 0.2) is 16.6 Å². The van der Waals surface area contributed by atoms with Crippen molar-refractivity contribution < 1.29 is 14.3 Å². The second kappa shape index (κ2) is 10.5. The topological polar surface area (TPSA) is 50.8 Å². The molecule has 0 fully saturated rings. The van der Waals surface area contributed by atoms with Crippen LogP contribution < -0.4 is 14.8 Å². The highest BCUT2D eigenvalue weighted by atomic mass is 79.9. The van der Waals surface area contributed by atoms with Gasteiger partial charge in [-0.05, 0) is 40.6 Å². The minimum atomic E-state index is -0.0887. The first-order valence-electron chi connectivity index (χ1n) is 8.75. The highest BCUT2D eigenvalue weighted by molar-refractivity contribution is 9.10. The Morgan fingerprint density at radius 2 is 1.52 bits per heavy atom. The first-order valence-corrected chi connectivity index (χ1v) is 9.55. The van der Waals surface area contributed by atoms with Gasteiger partial charge in [-0.25, -0.2) is 4.79 Å². The standard InChI is InChI=1S/C19H31BrN2O3/c1-13(2)7-9-22(10-8-14(3)4)19(23)21-16-12-18(25-6)17(24-5)11-15(16)20/h11-14H,7-10H2,1-6H3,(H,21,23). The Morgan fingerprint density at radius 1 is 1.04 bits per heavy atom. The molecule has 1 N–H and O–H groups in total. The summed E-state index contributed by atoms with van der Waals surface area (Å²) < 4.78 is 11.4. The highest BCUT2D eigenvalue weighted by Gasteiger charge is 2.17. The third kappa shape index (κ3) is 7.14. The molecular weight excluding hydrogens is 384 g/mol. The molecule has 2 amide bonds. The Labute approximate surface area is 160 Å². The van der Waals surface area contributed by atoms with Crippen molar-refractivity contribution in [1.29, 1.82) is 0 Å². The highest BCUT2D eigenvalue weighted by Crippen LogP contribution is 2.36. The van der Waals surface area contributed by atoms with Gasteiger partial charge in [0.15, 0.2) is 11.5 Å². The quantitative estimate of drug-likeness (QED) is 0.588. The Kier molecular flexibility index (Phi) is 9.11. The average molecular weight is 415 g/mol. The van der Waals surface area contributed by atoms with E-state index < -0.39 is 0 Å². The zero-order valence-corrected chi connectivity index (χ0v) is 17.8. The Hall–Kier alpha value is -1.43. The van der Waals surface area contributed by atoms with Crippen LogP contribution in [0.5, 0.6) is 11.5 Å². The second-order valence-corrected chi connectivity index (χ2v) is 7.82. The molecule has 0 aliphatic heterocycles. The summed E-state index contributed by atoms with van der Waals surface area (Å²) in [6.07, 6.45) is 1.97. The van der Waals surface area contributed by atoms with Gasteiger partial charge < -0.3 is 19.7 Å². The van der Waals surface area contributed by atoms with Gasteiger partial charge in [-0.1, -0.05) is 27.7 Å². The van der Waals surface area contributed by atoms with Crippen LogP contribution in [0.1, 0.15) is 40.5 Å². The van der Waals surface area contributed by atoms with Crippen LogP contribution in [0.3, 0.4) is 0 Å². The summed E-state index contributed by atoms with van der Waals surface area (Å²) in [6, 6.07) is 3.47. The average Bonchev–Trinajstić information content (AvgIpc) is 2.55. The molecule has 25 heavy (non-hydrogen) atoms. The molecule has 0 aliphatic carbocycles. The molecule has 1 aromatic carbocycles. The lowest BCUT2D eigenvalue weighted by atomic mass is 10.1. The van der Waals surface area contributed by atoms with Crippen LogP contribution in [0.25, 0.3) is 0 Å². The molecule has 0 heterocycles. The lowest BCUT2D eigenvalue weighted by Crippen LogP contribution is -2.37. The number of nitrogens with one attached hydrogen (secondary N) is 1. The van der Waals surface area contributed by atoms with E-state index in [9.17, 15) is 4.79 Å². The zero-order valence-electron chi connectivity index (χ0n) is 16.2. The van der Waals surface area contributed by atoms with E-state index in [0.29, 0.717) is 29.0 Å². The van der Waals surface area contributed by atoms with Crippen molar-refractivity contribution in [2.24, 2.45) is 11.8 Å². The lowest BCUT2D eigenvalue weighted by Gasteiger charge is -2.25. The predicted octanol–water partition coefficient (Wildman–Crippen LogP) is 5.39. The largest absolute Gasteiger partial charge is 0.493 e. The molecular formula is C19H31BrN2O3. The number of ether oxygens (including phenoxy) is 2. The van der Waals surface area contributed by atoms with Crippen LogP contribution >= 0.6 is 15.9 Å². The van der Waals surface area contributed by atoms with Crippen molar-refractivity contribution in [2.75, 3.05) is 32.6 Å². The van der Waals surface area contributed by atoms with Crippen LogP contribution in [0, 0.1) is 11.8 Å². The maximum atomic E-state index is 12.8. The van der Waals surface area contributed by atoms with Crippen molar-refractivity contribution >= 4 is 27.6 Å². The first-order chi connectivity index (χ1) is 11.8. The summed E-state index contributed by atoms with van der Waals surface area (Å²) >= 11 is 3.48. The van der Waals surface area contributed by atoms with Crippen molar-refractivity contribution in [3.63, 3.8) is 0 Å². The van der Waals surface area contributed by atoms with E-state index in [0.717, 1.165) is 30.4 Å². The summed E-state index contributed by atoms with van der Waals surface area (Å²) in [5.74, 6) is 2.31. The van der Waals surface area contributed by atoms with Gasteiger partial charge in [0.2, 0.25) is 0 Å². The van der Waals surface area contributed by atoms with Crippen molar-refractivity contribution in [2.45, 2.75) is 40.5 Å². The first kappa shape index (κ1) is 21.6. The molecule has 0 atom stereocenters. The number of nitrogens with zero attached hydrogens (tertiary/aromatic N) is 1. The summed E-state index contributed by atoms with van der Waals surface area (Å²) in [7, 11) is 3.16. The molecule has 0 saturated heterocycles. The summed E-state index contributed by atoms with van der Waals surface area (Å²) in [5, 5.41) is 2.99. The van der Waals surface area contributed by atoms with Crippen LogP contribution in [-0.2, 0) is 0 Å². The van der Waals surface area contributed by atoms with Crippen molar-refractivity contribution in [3.8, 4) is 11.5 Å². The molecule has 0 aromatic heterocycles. The number of amides is 2. The van der Waals surface area contributed by atoms with E-state index in [1.807, 2.05) is 4.90 Å². The molecule has 0 spiro atoms. The molecule has 0 radical (unpaired) electrons. The normalized spacial score (nSPS) is 10.9. The predicted molar refractivity (Wildman–Crippen MR) is 107 cm³/mol. The number of methoxy groups -OCH3 is 2. The van der Waals surface area contributed by atoms with E-state index in [1.54, 1.807) is 26.4 Å². The smallest absolute Gasteiger partial charge is 0.321 e. The maximum absolute atomic E-state index is 12.8. The molecule has 0 unspecified atom stereocenters. The molecule has 0 aliphatic rings. The van der Waals surface area contributed by atoms with Crippen LogP contribution in [0.4, 0.5) is 10.5 Å². The number of hydrogen-bond donors (Lipinski definition) is 1. The SMILES string of the molecule is COc1cc(Br)c(NC(=O)N(CCC(C)C)CCC(C)C)cc1OC. The van der Waals surface area contributed by atoms with Gasteiger partial charge in [-0.2, -0.15) is 0 Å². The fraction of sp³-hybridized carbons (Fsp3) is 0.632. The van der Waals surface area contributed by atoms with E-state index in [-0.39, 0.29) is 6.03 Å². The Morgan fingerprint density at radius 3 is 1.96 bits per heavy atom. The van der Waals surface area contributed by atoms with Gasteiger partial charge in [0.05, 0.1) is 19.9 Å². The van der Waals surface area contributed by atoms with E-state index >= 15 is 0 Å². The van der Waals surface area contributed by atoms with Crippen molar-refractivity contribution in [3.05, 3.63) is 16.6 Å². The minimum absolute atomic E-state index is 0.0887. The van der Waals surface area contributed by atoms with E-state index in [2.05, 4.69) is 48.9 Å². The maximum Gasteiger partial charge on any atom is 0.321 e. The van der Waals surface area contributed by atoms with E-state index in [4.69, 9.17) is 9.47 Å². The van der Waals surface area contributed by atoms with Crippen molar-refractivity contribution in [1.82, 2.24) is 4.90 Å². The van der Waals surface area contributed by atoms with Crippen LogP contribution in [0.2, 0.25) is 0 Å². The van der Waals surface area contributed by atoms with Gasteiger partial charge in [-0.3, -0.25) is 0 Å². The number of anilines is 1. The molecule has 0 bridgehead atoms. The number of carbonyl (C=O) groups excluding carboxylic acids is 1. The Bertz CT molecular complexity index is 550. The third-order valence-corrected chi connectivity index (χ3v) is 4.61. The molecule has 0 saturated carbocycles. The number of halogens is 1. The number of benzene rings is 1. The summed E-state index contributed by atoms with van der Waals surface area (Å²) in [5.41, 5.74) is 0.668. The number of urea groups is 1. The lowest BCUT2D eigenvalue weighted by molar-refractivity contribution is 0.205. The fourth-order valence-corrected chi connectivity index (χ4v) is 2.71. The molecule has 6 heteroatoms. The summed E-state index contributed by atoms with van der Waals surface area (Å²) in [4.78, 5) is 14.7. The van der Waals surface area contributed by atoms with Gasteiger partial charge in [0.25, 0.3) is 0 Å². The van der Waals surface area contributed by atoms with Crippen LogP contribution in [-0.4, -0.2) is 38.2 Å². The third-order valence-electron chi connectivity index (χ3n) is 3.95. The van der Waals surface area contributed by atoms with Gasteiger partial charge in [-0.15, -0.1) is 0 Å². The number of carbonyl (C=O) groups is 1. The molecule has 142 valence electrons. The molecule has 1 aromatic rings. The van der Waals surface area contributed by atoms with Gasteiger partial charge >= 0.3 is 6.03 Å². The zero-order chi connectivity index (χ0) is 19.0.